The first-order chi connectivity index (χ1) is 14.9. The zero-order chi connectivity index (χ0) is 22.1. The molecule has 0 bridgehead atoms. The molecule has 158 valence electrons. The van der Waals surface area contributed by atoms with E-state index < -0.39 is 12.0 Å². The van der Waals surface area contributed by atoms with Crippen molar-refractivity contribution in [2.24, 2.45) is 4.99 Å². The Bertz CT molecular complexity index is 1370. The van der Waals surface area contributed by atoms with Gasteiger partial charge in [-0.25, -0.2) is 9.79 Å². The zero-order valence-corrected chi connectivity index (χ0v) is 18.4. The van der Waals surface area contributed by atoms with Crippen molar-refractivity contribution in [1.29, 1.82) is 0 Å². The van der Waals surface area contributed by atoms with Crippen LogP contribution in [0.25, 0.3) is 6.08 Å². The van der Waals surface area contributed by atoms with E-state index in [1.807, 2.05) is 30.3 Å². The quantitative estimate of drug-likeness (QED) is 0.614. The van der Waals surface area contributed by atoms with Crippen LogP contribution in [0, 0.1) is 0 Å². The van der Waals surface area contributed by atoms with Crippen LogP contribution in [0.4, 0.5) is 0 Å². The Balaban J connectivity index is 1.97. The Morgan fingerprint density at radius 2 is 2.03 bits per heavy atom. The highest BCUT2D eigenvalue weighted by Gasteiger charge is 2.33. The Morgan fingerprint density at radius 3 is 2.74 bits per heavy atom. The second-order valence-electron chi connectivity index (χ2n) is 6.92. The number of thiazole rings is 1. The van der Waals surface area contributed by atoms with Crippen LogP contribution in [0.2, 0.25) is 5.02 Å². The van der Waals surface area contributed by atoms with Crippen LogP contribution in [-0.2, 0) is 9.53 Å². The highest BCUT2D eigenvalue weighted by molar-refractivity contribution is 7.07. The van der Waals surface area contributed by atoms with Gasteiger partial charge in [-0.2, -0.15) is 0 Å². The highest BCUT2D eigenvalue weighted by Crippen LogP contribution is 2.30. The molecular formula is C23H19ClN2O4S. The number of nitrogens with zero attached hydrogens (tertiary/aromatic N) is 2. The number of rotatable bonds is 4. The number of phenolic OH excluding ortho intramolecular Hbond substituents is 1. The van der Waals surface area contributed by atoms with Crippen LogP contribution in [0.1, 0.15) is 31.0 Å². The predicted octanol–water partition coefficient (Wildman–Crippen LogP) is 3.16. The number of aromatic nitrogens is 1. The lowest BCUT2D eigenvalue weighted by Crippen LogP contribution is -2.39. The van der Waals surface area contributed by atoms with Gasteiger partial charge in [-0.3, -0.25) is 9.36 Å². The summed E-state index contributed by atoms with van der Waals surface area (Å²) in [6.07, 6.45) is 1.58. The van der Waals surface area contributed by atoms with E-state index in [9.17, 15) is 14.7 Å². The average Bonchev–Trinajstić information content (AvgIpc) is 3.05. The molecule has 1 aliphatic heterocycles. The van der Waals surface area contributed by atoms with Gasteiger partial charge in [0, 0.05) is 10.6 Å². The van der Waals surface area contributed by atoms with Crippen molar-refractivity contribution in [2.45, 2.75) is 19.9 Å². The molecule has 0 aliphatic carbocycles. The van der Waals surface area contributed by atoms with Crippen molar-refractivity contribution in [1.82, 2.24) is 4.57 Å². The lowest BCUT2D eigenvalue weighted by Gasteiger charge is -2.24. The Hall–Kier alpha value is -3.16. The number of allylic oxidation sites excluding steroid dienone is 1. The summed E-state index contributed by atoms with van der Waals surface area (Å²) in [6, 6.07) is 13.3. The zero-order valence-electron chi connectivity index (χ0n) is 16.8. The van der Waals surface area contributed by atoms with Gasteiger partial charge < -0.3 is 9.84 Å². The van der Waals surface area contributed by atoms with Gasteiger partial charge in [0.05, 0.1) is 28.5 Å². The van der Waals surface area contributed by atoms with E-state index in [1.165, 1.54) is 22.0 Å². The van der Waals surface area contributed by atoms with Crippen molar-refractivity contribution >= 4 is 35.0 Å². The Labute approximate surface area is 187 Å². The summed E-state index contributed by atoms with van der Waals surface area (Å²) >= 11 is 7.23. The molecule has 1 aliphatic rings. The molecule has 0 amide bonds. The van der Waals surface area contributed by atoms with E-state index in [4.69, 9.17) is 16.3 Å². The molecular weight excluding hydrogens is 436 g/mol. The van der Waals surface area contributed by atoms with Gasteiger partial charge >= 0.3 is 5.97 Å². The number of carbonyl (C=O) groups excluding carboxylic acids is 1. The van der Waals surface area contributed by atoms with E-state index in [0.29, 0.717) is 31.2 Å². The first-order valence-electron chi connectivity index (χ1n) is 9.64. The molecule has 3 aromatic rings. The first kappa shape index (κ1) is 21.1. The number of hydrogen-bond acceptors (Lipinski definition) is 6. The molecule has 1 aromatic heterocycles. The predicted molar refractivity (Wildman–Crippen MR) is 120 cm³/mol. The molecule has 8 heteroatoms. The molecule has 4 rings (SSSR count). The van der Waals surface area contributed by atoms with Gasteiger partial charge in [0.15, 0.2) is 4.80 Å². The molecule has 2 aromatic carbocycles. The maximum absolute atomic E-state index is 13.4. The molecule has 0 saturated carbocycles. The van der Waals surface area contributed by atoms with Gasteiger partial charge in [-0.15, -0.1) is 0 Å². The number of halogens is 1. The summed E-state index contributed by atoms with van der Waals surface area (Å²) in [4.78, 5) is 31.2. The number of ether oxygens (including phenoxy) is 1. The summed E-state index contributed by atoms with van der Waals surface area (Å²) < 4.78 is 7.14. The van der Waals surface area contributed by atoms with Gasteiger partial charge in [0.2, 0.25) is 0 Å². The van der Waals surface area contributed by atoms with Crippen molar-refractivity contribution in [3.8, 4) is 5.75 Å². The van der Waals surface area contributed by atoms with Gasteiger partial charge in [-0.1, -0.05) is 53.3 Å². The molecule has 0 radical (unpaired) electrons. The van der Waals surface area contributed by atoms with Crippen molar-refractivity contribution in [3.05, 3.63) is 95.6 Å². The molecule has 0 saturated heterocycles. The minimum Gasteiger partial charge on any atom is -0.507 e. The summed E-state index contributed by atoms with van der Waals surface area (Å²) in [5, 5.41) is 10.6. The molecule has 0 spiro atoms. The van der Waals surface area contributed by atoms with E-state index >= 15 is 0 Å². The number of carbonyl (C=O) groups is 1. The fourth-order valence-corrected chi connectivity index (χ4v) is 4.74. The van der Waals surface area contributed by atoms with E-state index in [0.717, 1.165) is 5.56 Å². The topological polar surface area (TPSA) is 80.9 Å². The molecule has 1 atom stereocenters. The Morgan fingerprint density at radius 1 is 1.29 bits per heavy atom. The summed E-state index contributed by atoms with van der Waals surface area (Å²) in [5.41, 5.74) is 1.73. The van der Waals surface area contributed by atoms with Gasteiger partial charge in [0.25, 0.3) is 5.56 Å². The Kier molecular flexibility index (Phi) is 5.80. The number of esters is 1. The fraction of sp³-hybridized carbons (Fsp3) is 0.174. The van der Waals surface area contributed by atoms with Crippen molar-refractivity contribution < 1.29 is 14.6 Å². The van der Waals surface area contributed by atoms with Crippen molar-refractivity contribution in [2.75, 3.05) is 6.61 Å². The molecule has 2 heterocycles. The first-order valence-corrected chi connectivity index (χ1v) is 10.8. The highest BCUT2D eigenvalue weighted by atomic mass is 35.5. The molecule has 0 fully saturated rings. The standard InChI is InChI=1S/C23H19ClN2O4S/c1-3-30-22(29)19-13(2)25-23-26(20(19)14-7-5-4-6-8-14)21(28)18(31-23)12-15-11-16(24)9-10-17(15)27/h4-12,20,27H,3H2,1-2H3/b18-12-. The van der Waals surface area contributed by atoms with Crippen LogP contribution in [-0.4, -0.2) is 22.2 Å². The van der Waals surface area contributed by atoms with E-state index in [1.54, 1.807) is 32.1 Å². The average molecular weight is 455 g/mol. The normalized spacial score (nSPS) is 16.1. The van der Waals surface area contributed by atoms with Crippen LogP contribution in [0.15, 0.2) is 69.6 Å². The summed E-state index contributed by atoms with van der Waals surface area (Å²) in [6.45, 7) is 3.69. The van der Waals surface area contributed by atoms with Crippen molar-refractivity contribution in [3.63, 3.8) is 0 Å². The smallest absolute Gasteiger partial charge is 0.338 e. The molecule has 6 nitrogen and oxygen atoms in total. The maximum atomic E-state index is 13.4. The lowest BCUT2D eigenvalue weighted by molar-refractivity contribution is -0.139. The number of aromatic hydroxyl groups is 1. The molecule has 1 unspecified atom stereocenters. The minimum atomic E-state index is -0.661. The fourth-order valence-electron chi connectivity index (χ4n) is 3.52. The van der Waals surface area contributed by atoms with Crippen LogP contribution < -0.4 is 14.9 Å². The maximum Gasteiger partial charge on any atom is 0.338 e. The summed E-state index contributed by atoms with van der Waals surface area (Å²) in [7, 11) is 0. The lowest BCUT2D eigenvalue weighted by atomic mass is 9.96. The monoisotopic (exact) mass is 454 g/mol. The third kappa shape index (κ3) is 3.94. The molecule has 31 heavy (non-hydrogen) atoms. The van der Waals surface area contributed by atoms with Crippen LogP contribution in [0.5, 0.6) is 5.75 Å². The third-order valence-corrected chi connectivity index (χ3v) is 6.13. The largest absolute Gasteiger partial charge is 0.507 e. The SMILES string of the molecule is CCOC(=O)C1=C(C)N=c2s/c(=C\c3cc(Cl)ccc3O)c(=O)n2C1c1ccccc1. The third-order valence-electron chi connectivity index (χ3n) is 4.91. The second-order valence-corrected chi connectivity index (χ2v) is 8.36. The van der Waals surface area contributed by atoms with Gasteiger partial charge in [0.1, 0.15) is 5.75 Å². The molecule has 1 N–H and O–H groups in total. The number of fused-ring (bicyclic) bond motifs is 1. The second kappa shape index (κ2) is 8.53. The van der Waals surface area contributed by atoms with Crippen LogP contribution in [0.3, 0.4) is 0 Å². The van der Waals surface area contributed by atoms with Gasteiger partial charge in [-0.05, 0) is 43.7 Å². The minimum absolute atomic E-state index is 0.0123. The number of benzene rings is 2. The van der Waals surface area contributed by atoms with E-state index in [-0.39, 0.29) is 17.9 Å². The number of phenols is 1. The summed E-state index contributed by atoms with van der Waals surface area (Å²) in [5.74, 6) is -0.488. The number of hydrogen-bond donors (Lipinski definition) is 1. The van der Waals surface area contributed by atoms with Crippen LogP contribution >= 0.6 is 22.9 Å². The van der Waals surface area contributed by atoms with E-state index in [2.05, 4.69) is 4.99 Å².